The van der Waals surface area contributed by atoms with Crippen LogP contribution in [0.25, 0.3) is 0 Å². The van der Waals surface area contributed by atoms with Gasteiger partial charge in [-0.3, -0.25) is 57.5 Å². The van der Waals surface area contributed by atoms with E-state index in [0.29, 0.717) is 50.7 Å². The Hall–Kier alpha value is -8.78. The van der Waals surface area contributed by atoms with E-state index in [2.05, 4.69) is 16.0 Å². The van der Waals surface area contributed by atoms with Crippen molar-refractivity contribution in [3.8, 4) is 0 Å². The van der Waals surface area contributed by atoms with Gasteiger partial charge in [0.05, 0.1) is 31.2 Å². The second-order valence-corrected chi connectivity index (χ2v) is 30.3. The first kappa shape index (κ1) is 84.8. The van der Waals surface area contributed by atoms with Crippen molar-refractivity contribution in [1.29, 1.82) is 0 Å². The van der Waals surface area contributed by atoms with Gasteiger partial charge in [0.15, 0.2) is 0 Å². The minimum atomic E-state index is -5.47. The lowest BCUT2D eigenvalue weighted by molar-refractivity contribution is -0.158. The molecule has 0 aromatic heterocycles. The minimum absolute atomic E-state index is 0.0160. The Morgan fingerprint density at radius 1 is 0.639 bits per heavy atom. The Labute approximate surface area is 623 Å². The topological polar surface area (TPSA) is 290 Å². The van der Waals surface area contributed by atoms with Crippen molar-refractivity contribution in [2.75, 3.05) is 82.6 Å². The normalized spacial score (nSPS) is 27.0. The minimum Gasteiger partial charge on any atom is -0.390 e. The monoisotopic (exact) mass is 1530 g/mol. The summed E-state index contributed by atoms with van der Waals surface area (Å²) in [4.78, 5) is 190. The first-order valence-electron chi connectivity index (χ1n) is 37.0. The van der Waals surface area contributed by atoms with E-state index in [1.807, 2.05) is 0 Å². The molecule has 2 bridgehead atoms. The van der Waals surface area contributed by atoms with Crippen molar-refractivity contribution in [2.24, 2.45) is 17.8 Å². The van der Waals surface area contributed by atoms with Crippen molar-refractivity contribution in [2.45, 2.75) is 215 Å². The Balaban J connectivity index is 1.22. The number of fused-ring (bicyclic) bond motifs is 3. The second kappa shape index (κ2) is 35.7. The highest BCUT2D eigenvalue weighted by Gasteiger charge is 2.54. The van der Waals surface area contributed by atoms with Crippen molar-refractivity contribution < 1.29 is 97.8 Å². The van der Waals surface area contributed by atoms with Gasteiger partial charge in [-0.1, -0.05) is 83.1 Å². The Bertz CT molecular complexity index is 3670. The summed E-state index contributed by atoms with van der Waals surface area (Å²) in [7, 11) is 10.7. The van der Waals surface area contributed by atoms with Crippen molar-refractivity contribution in [3.05, 3.63) is 82.4 Å². The van der Waals surface area contributed by atoms with Crippen LogP contribution < -0.4 is 16.0 Å². The fourth-order valence-electron chi connectivity index (χ4n) is 15.8. The lowest BCUT2D eigenvalue weighted by atomic mass is 9.74. The summed E-state index contributed by atoms with van der Waals surface area (Å²) in [5.74, 6) is -15.6. The number of halogens is 8. The summed E-state index contributed by atoms with van der Waals surface area (Å²) in [5, 5.41) is 19.8. The van der Waals surface area contributed by atoms with Crippen LogP contribution in [0.3, 0.4) is 0 Å². The van der Waals surface area contributed by atoms with Crippen LogP contribution in [-0.4, -0.2) is 263 Å². The number of likely N-dealkylation sites (N-methyl/N-ethyl adjacent to an activating group) is 7. The first-order chi connectivity index (χ1) is 50.7. The smallest absolute Gasteiger partial charge is 0.390 e. The zero-order valence-electron chi connectivity index (χ0n) is 62.9. The zero-order chi connectivity index (χ0) is 79.8. The molecule has 2 aromatic carbocycles. The molecule has 6 aliphatic rings. The van der Waals surface area contributed by atoms with E-state index in [4.69, 9.17) is 0 Å². The number of aliphatic hydroxyl groups is 1. The highest BCUT2D eigenvalue weighted by atomic mass is 19.4. The number of alkyl halides is 6. The molecule has 8 rings (SSSR count). The molecule has 3 saturated carbocycles. The van der Waals surface area contributed by atoms with Gasteiger partial charge in [-0.15, -0.1) is 0 Å². The number of rotatable bonds is 11. The average molecular weight is 1530 g/mol. The average Bonchev–Trinajstić information content (AvgIpc) is 1.16. The second-order valence-electron chi connectivity index (χ2n) is 30.3. The van der Waals surface area contributed by atoms with Crippen LogP contribution >= 0.6 is 0 Å². The number of aryl methyl sites for hydroxylation is 1. The highest BCUT2D eigenvalue weighted by molar-refractivity contribution is 6.01. The molecule has 3 heterocycles. The van der Waals surface area contributed by atoms with E-state index in [-0.39, 0.29) is 56.6 Å². The predicted molar refractivity (Wildman–Crippen MR) is 376 cm³/mol. The van der Waals surface area contributed by atoms with Gasteiger partial charge in [-0.05, 0) is 124 Å². The number of hydrogen-bond donors (Lipinski definition) is 4. The van der Waals surface area contributed by atoms with Crippen molar-refractivity contribution >= 4 is 70.9 Å². The van der Waals surface area contributed by atoms with E-state index < -0.39 is 229 Å². The van der Waals surface area contributed by atoms with E-state index in [0.717, 1.165) is 86.4 Å². The van der Waals surface area contributed by atoms with Gasteiger partial charge >= 0.3 is 12.4 Å². The summed E-state index contributed by atoms with van der Waals surface area (Å²) in [6.07, 6.45) is -5.36. The molecule has 1 spiro atoms. The number of nitrogens with zero attached hydrogens (tertiary/aromatic N) is 9. The summed E-state index contributed by atoms with van der Waals surface area (Å²) < 4.78 is 114. The maximum Gasteiger partial charge on any atom is 0.422 e. The summed E-state index contributed by atoms with van der Waals surface area (Å²) in [5.41, 5.74) is -5.37. The zero-order valence-corrected chi connectivity index (χ0v) is 62.9. The molecule has 3 aliphatic carbocycles. The van der Waals surface area contributed by atoms with Gasteiger partial charge in [0.25, 0.3) is 0 Å². The van der Waals surface area contributed by atoms with Crippen LogP contribution in [0.4, 0.5) is 35.1 Å². The molecule has 10 atom stereocenters. The predicted octanol–water partition coefficient (Wildman–Crippen LogP) is 5.23. The Morgan fingerprint density at radius 2 is 1.25 bits per heavy atom. The molecular weight excluding hydrogens is 1430 g/mol. The molecule has 0 radical (unpaired) electrons. The maximum absolute atomic E-state index is 15.5. The lowest BCUT2D eigenvalue weighted by Crippen LogP contribution is -2.69. The molecule has 3 aliphatic heterocycles. The standard InChI is InChI=1S/C75H102F8N12O13/c1-11-43(2)61-70(106)89(6)42-59(99)90(7)52-24-13-12-18-34-94(69(52)105)55(39-45-25-28-48(29-26-45)74(78,79)80)68(104)88(5)41-57(97)84-51(30-27-46-36-49(76)60(50(77)37-46)75(81,82)83)66(102)95-35-31-56(96)63(95)65(101)86-73(32-19-33-73)72(108)93(10)62(47-22-16-17-23-47)71(107)92(9)54(67(103)87(3)4)40-58(98)91(8)53(64(100)85-61)38-44-20-14-15-21-44/h12-13,25-26,28-29,36-37,43-44,47,51-56,61-63,96H,11,14-24,27,30-35,38-42H2,1-10H3,(H,84,97)(H,85,100)(H,86,101)/b13-12-/t43-,51-,52-,53-,54-,55-,56-,61-,62-,63-/m0/s1. The number of hydrogen-bond acceptors (Lipinski definition) is 13. The van der Waals surface area contributed by atoms with Gasteiger partial charge in [0, 0.05) is 75.9 Å². The third-order valence-electron chi connectivity index (χ3n) is 22.7. The van der Waals surface area contributed by atoms with Gasteiger partial charge < -0.3 is 65.2 Å². The van der Waals surface area contributed by atoms with Crippen LogP contribution in [-0.2, 0) is 82.7 Å². The van der Waals surface area contributed by atoms with Gasteiger partial charge in [0.1, 0.15) is 71.1 Å². The number of benzene rings is 2. The fourth-order valence-corrected chi connectivity index (χ4v) is 15.8. The molecule has 33 heteroatoms. The van der Waals surface area contributed by atoms with E-state index in [1.165, 1.54) is 64.0 Å². The molecule has 0 unspecified atom stereocenters. The number of amides is 12. The summed E-state index contributed by atoms with van der Waals surface area (Å²) in [6.45, 7) is 1.16. The van der Waals surface area contributed by atoms with Crippen molar-refractivity contribution in [1.82, 2.24) is 60.0 Å². The Morgan fingerprint density at radius 3 is 1.82 bits per heavy atom. The highest BCUT2D eigenvalue weighted by Crippen LogP contribution is 2.40. The molecule has 2 aromatic rings. The number of nitrogens with one attached hydrogen (secondary N) is 3. The molecule has 25 nitrogen and oxygen atoms in total. The molecule has 5 fully saturated rings. The first-order valence-corrected chi connectivity index (χ1v) is 37.0. The molecular formula is C75H102F8N12O13. The molecule has 4 N–H and O–H groups in total. The van der Waals surface area contributed by atoms with Gasteiger partial charge in [-0.25, -0.2) is 8.78 Å². The van der Waals surface area contributed by atoms with Gasteiger partial charge in [0.2, 0.25) is 70.9 Å². The molecule has 596 valence electrons. The van der Waals surface area contributed by atoms with Crippen LogP contribution in [0, 0.1) is 29.4 Å². The molecule has 108 heavy (non-hydrogen) atoms. The largest absolute Gasteiger partial charge is 0.422 e. The molecule has 2 saturated heterocycles. The maximum atomic E-state index is 15.5. The number of aliphatic hydroxyl groups excluding tert-OH is 1. The van der Waals surface area contributed by atoms with Crippen LogP contribution in [0.1, 0.15) is 152 Å². The fraction of sp³-hybridized carbons (Fsp3) is 0.653. The van der Waals surface area contributed by atoms with E-state index >= 15 is 47.1 Å². The van der Waals surface area contributed by atoms with Crippen LogP contribution in [0.15, 0.2) is 48.6 Å². The third-order valence-corrected chi connectivity index (χ3v) is 22.7. The summed E-state index contributed by atoms with van der Waals surface area (Å²) in [6, 6.07) is -7.78. The quantitative estimate of drug-likeness (QED) is 0.166. The van der Waals surface area contributed by atoms with Crippen molar-refractivity contribution in [3.63, 3.8) is 0 Å². The SMILES string of the molecule is CC[C@H](C)[C@@H]1NC(=O)[C@H](CC2CCCC2)N(C)C(=O)C[C@@H](C(=O)N(C)C)N(C)C(=O)[C@H](C2CCCC2)N(C)C(=O)C2(CCC2)NC(=O)[C@@H]2[C@@H](O)CCN2C(=O)[C@H](CCc2cc(F)c(C(F)(F)F)c(F)c2)NC(=O)CN(C)C(=O)[C@H](Cc2ccc(C(F)(F)F)cc2)N2CC/C=C\C[C@@H](C2=O)N(C)C(=O)CN(C)C1=O. The van der Waals surface area contributed by atoms with Gasteiger partial charge in [-0.2, -0.15) is 26.3 Å². The van der Waals surface area contributed by atoms with E-state index in [9.17, 15) is 50.6 Å². The number of carbonyl (C=O) groups is 12. The van der Waals surface area contributed by atoms with Crippen LogP contribution in [0.5, 0.6) is 0 Å². The Kier molecular flexibility index (Phi) is 28.1. The summed E-state index contributed by atoms with van der Waals surface area (Å²) >= 11 is 0. The lowest BCUT2D eigenvalue weighted by Gasteiger charge is -2.47. The van der Waals surface area contributed by atoms with E-state index in [1.54, 1.807) is 26.0 Å². The number of carbonyl (C=O) groups excluding carboxylic acids is 12. The van der Waals surface area contributed by atoms with Crippen LogP contribution in [0.2, 0.25) is 0 Å². The third kappa shape index (κ3) is 19.6. The molecule has 12 amide bonds.